The number of esters is 1. The molecule has 0 amide bonds. The van der Waals surface area contributed by atoms with Gasteiger partial charge in [-0.1, -0.05) is 12.7 Å². The highest BCUT2D eigenvalue weighted by Gasteiger charge is 2.21. The summed E-state index contributed by atoms with van der Waals surface area (Å²) < 4.78 is 4.87. The molecule has 1 saturated heterocycles. The molecule has 1 fully saturated rings. The van der Waals surface area contributed by atoms with Gasteiger partial charge in [0.25, 0.3) is 0 Å². The van der Waals surface area contributed by atoms with Crippen LogP contribution < -0.4 is 0 Å². The van der Waals surface area contributed by atoms with Crippen molar-refractivity contribution in [3.8, 4) is 0 Å². The Kier molecular flexibility index (Phi) is 2.47. The van der Waals surface area contributed by atoms with Gasteiger partial charge in [-0.15, -0.1) is 6.58 Å². The molecule has 0 N–H and O–H groups in total. The maximum Gasteiger partial charge on any atom is 0.333 e. The topological polar surface area (TPSA) is 26.3 Å². The monoisotopic (exact) mass is 152 g/mol. The van der Waals surface area contributed by atoms with E-state index in [-0.39, 0.29) is 5.97 Å². The molecule has 0 aliphatic carbocycles. The van der Waals surface area contributed by atoms with Crippen LogP contribution in [0.3, 0.4) is 0 Å². The van der Waals surface area contributed by atoms with Crippen molar-refractivity contribution >= 4 is 5.97 Å². The van der Waals surface area contributed by atoms with Crippen molar-refractivity contribution in [2.75, 3.05) is 6.61 Å². The molecule has 0 aromatic rings. The highest BCUT2D eigenvalue weighted by molar-refractivity contribution is 5.88. The van der Waals surface area contributed by atoms with Gasteiger partial charge in [0.1, 0.15) is 0 Å². The number of ether oxygens (including phenoxy) is 1. The van der Waals surface area contributed by atoms with Gasteiger partial charge in [0.05, 0.1) is 6.61 Å². The van der Waals surface area contributed by atoms with Gasteiger partial charge in [-0.2, -0.15) is 0 Å². The van der Waals surface area contributed by atoms with E-state index in [9.17, 15) is 4.79 Å². The van der Waals surface area contributed by atoms with Crippen molar-refractivity contribution in [2.24, 2.45) is 5.92 Å². The third kappa shape index (κ3) is 1.93. The zero-order chi connectivity index (χ0) is 8.27. The largest absolute Gasteiger partial charge is 0.462 e. The van der Waals surface area contributed by atoms with Gasteiger partial charge >= 0.3 is 5.97 Å². The fourth-order valence-corrected chi connectivity index (χ4v) is 1.17. The molecule has 1 aliphatic heterocycles. The summed E-state index contributed by atoms with van der Waals surface area (Å²) in [7, 11) is 0. The second kappa shape index (κ2) is 3.37. The lowest BCUT2D eigenvalue weighted by atomic mass is 9.96. The van der Waals surface area contributed by atoms with Crippen LogP contribution in [0.4, 0.5) is 0 Å². The molecule has 1 heterocycles. The maximum absolute atomic E-state index is 10.8. The standard InChI is InChI=1S/C9H12O2/c1-3-4-8-5-7(2)9(10)11-6-8/h3,8H,1-2,4-6H2/t8-/m0/s1. The second-order valence-electron chi connectivity index (χ2n) is 2.80. The third-order valence-electron chi connectivity index (χ3n) is 1.77. The summed E-state index contributed by atoms with van der Waals surface area (Å²) in [6.07, 6.45) is 3.49. The molecule has 2 nitrogen and oxygen atoms in total. The Hall–Kier alpha value is -1.05. The van der Waals surface area contributed by atoms with Crippen molar-refractivity contribution in [1.82, 2.24) is 0 Å². The SMILES string of the molecule is C=CC[C@@H]1COC(=O)C(=C)C1. The lowest BCUT2D eigenvalue weighted by Gasteiger charge is -2.21. The average molecular weight is 152 g/mol. The van der Waals surface area contributed by atoms with Gasteiger partial charge in [-0.3, -0.25) is 0 Å². The lowest BCUT2D eigenvalue weighted by molar-refractivity contribution is -0.143. The molecule has 11 heavy (non-hydrogen) atoms. The Balaban J connectivity index is 2.45. The molecule has 60 valence electrons. The van der Waals surface area contributed by atoms with Gasteiger partial charge in [0, 0.05) is 11.5 Å². The van der Waals surface area contributed by atoms with Crippen LogP contribution in [0.5, 0.6) is 0 Å². The number of hydrogen-bond acceptors (Lipinski definition) is 2. The Bertz CT molecular complexity index is 194. The summed E-state index contributed by atoms with van der Waals surface area (Å²) in [4.78, 5) is 10.8. The van der Waals surface area contributed by atoms with E-state index in [0.717, 1.165) is 12.8 Å². The first-order valence-corrected chi connectivity index (χ1v) is 3.70. The third-order valence-corrected chi connectivity index (χ3v) is 1.77. The minimum Gasteiger partial charge on any atom is -0.462 e. The van der Waals surface area contributed by atoms with E-state index in [1.54, 1.807) is 0 Å². The quantitative estimate of drug-likeness (QED) is 0.342. The smallest absolute Gasteiger partial charge is 0.333 e. The van der Waals surface area contributed by atoms with Gasteiger partial charge in [-0.05, 0) is 12.8 Å². The van der Waals surface area contributed by atoms with Crippen LogP contribution in [0.2, 0.25) is 0 Å². The van der Waals surface area contributed by atoms with E-state index in [1.165, 1.54) is 0 Å². The molecule has 0 bridgehead atoms. The minimum absolute atomic E-state index is 0.245. The van der Waals surface area contributed by atoms with E-state index in [2.05, 4.69) is 13.2 Å². The first kappa shape index (κ1) is 8.05. The number of hydrogen-bond donors (Lipinski definition) is 0. The molecule has 0 unspecified atom stereocenters. The summed E-state index contributed by atoms with van der Waals surface area (Å²) in [6.45, 7) is 7.77. The summed E-state index contributed by atoms with van der Waals surface area (Å²) in [6, 6.07) is 0. The van der Waals surface area contributed by atoms with E-state index in [1.807, 2.05) is 6.08 Å². The van der Waals surface area contributed by atoms with E-state index < -0.39 is 0 Å². The zero-order valence-corrected chi connectivity index (χ0v) is 6.51. The molecule has 0 radical (unpaired) electrons. The molecule has 1 atom stereocenters. The number of carbonyl (C=O) groups excluding carboxylic acids is 1. The van der Waals surface area contributed by atoms with Crippen LogP contribution in [0.1, 0.15) is 12.8 Å². The molecule has 0 aromatic carbocycles. The molecule has 1 rings (SSSR count). The highest BCUT2D eigenvalue weighted by Crippen LogP contribution is 2.21. The van der Waals surface area contributed by atoms with Crippen LogP contribution in [-0.4, -0.2) is 12.6 Å². The van der Waals surface area contributed by atoms with Gasteiger partial charge in [-0.25, -0.2) is 4.79 Å². The van der Waals surface area contributed by atoms with Gasteiger partial charge < -0.3 is 4.74 Å². The first-order valence-electron chi connectivity index (χ1n) is 3.70. The second-order valence-corrected chi connectivity index (χ2v) is 2.80. The molecule has 2 heteroatoms. The summed E-state index contributed by atoms with van der Waals surface area (Å²) in [5.41, 5.74) is 0.586. The molecule has 1 aliphatic rings. The van der Waals surface area contributed by atoms with Crippen LogP contribution in [0.15, 0.2) is 24.8 Å². The molecule has 0 aromatic heterocycles. The normalized spacial score (nSPS) is 24.5. The van der Waals surface area contributed by atoms with Crippen molar-refractivity contribution < 1.29 is 9.53 Å². The Labute approximate surface area is 66.5 Å². The zero-order valence-electron chi connectivity index (χ0n) is 6.51. The number of rotatable bonds is 2. The highest BCUT2D eigenvalue weighted by atomic mass is 16.5. The van der Waals surface area contributed by atoms with E-state index in [4.69, 9.17) is 4.74 Å². The van der Waals surface area contributed by atoms with Crippen molar-refractivity contribution in [1.29, 1.82) is 0 Å². The average Bonchev–Trinajstić information content (AvgIpc) is 1.98. The van der Waals surface area contributed by atoms with Crippen LogP contribution in [0.25, 0.3) is 0 Å². The number of allylic oxidation sites excluding steroid dienone is 1. The Morgan fingerprint density at radius 2 is 2.45 bits per heavy atom. The van der Waals surface area contributed by atoms with Crippen molar-refractivity contribution in [3.05, 3.63) is 24.8 Å². The minimum atomic E-state index is -0.245. The van der Waals surface area contributed by atoms with E-state index in [0.29, 0.717) is 18.1 Å². The van der Waals surface area contributed by atoms with Gasteiger partial charge in [0.2, 0.25) is 0 Å². The summed E-state index contributed by atoms with van der Waals surface area (Å²) >= 11 is 0. The predicted molar refractivity (Wildman–Crippen MR) is 43.0 cm³/mol. The first-order chi connectivity index (χ1) is 5.24. The fourth-order valence-electron chi connectivity index (χ4n) is 1.17. The van der Waals surface area contributed by atoms with Crippen molar-refractivity contribution in [2.45, 2.75) is 12.8 Å². The molecular formula is C9H12O2. The molecule has 0 saturated carbocycles. The van der Waals surface area contributed by atoms with Crippen molar-refractivity contribution in [3.63, 3.8) is 0 Å². The fraction of sp³-hybridized carbons (Fsp3) is 0.444. The lowest BCUT2D eigenvalue weighted by Crippen LogP contribution is -2.23. The Morgan fingerprint density at radius 3 is 3.00 bits per heavy atom. The Morgan fingerprint density at radius 1 is 1.73 bits per heavy atom. The van der Waals surface area contributed by atoms with Crippen LogP contribution in [-0.2, 0) is 9.53 Å². The van der Waals surface area contributed by atoms with Crippen LogP contribution >= 0.6 is 0 Å². The van der Waals surface area contributed by atoms with Crippen LogP contribution in [0, 0.1) is 5.92 Å². The summed E-state index contributed by atoms with van der Waals surface area (Å²) in [5.74, 6) is 0.156. The summed E-state index contributed by atoms with van der Waals surface area (Å²) in [5, 5.41) is 0. The number of carbonyl (C=O) groups is 1. The van der Waals surface area contributed by atoms with E-state index >= 15 is 0 Å². The predicted octanol–water partition coefficient (Wildman–Crippen LogP) is 1.68. The maximum atomic E-state index is 10.8. The number of cyclic esters (lactones) is 1. The molecular weight excluding hydrogens is 140 g/mol. The van der Waals surface area contributed by atoms with Gasteiger partial charge in [0.15, 0.2) is 0 Å². The molecule has 0 spiro atoms.